The van der Waals surface area contributed by atoms with E-state index < -0.39 is 0 Å². The molecular formula is C10H14BrIN2. The predicted molar refractivity (Wildman–Crippen MR) is 72.2 cm³/mol. The molecule has 4 heteroatoms. The van der Waals surface area contributed by atoms with Gasteiger partial charge in [0.1, 0.15) is 0 Å². The highest BCUT2D eigenvalue weighted by atomic mass is 127. The molecule has 1 rings (SSSR count). The fourth-order valence-corrected chi connectivity index (χ4v) is 1.98. The molecule has 0 aliphatic rings. The third-order valence-corrected chi connectivity index (χ3v) is 3.55. The molecule has 0 spiro atoms. The first-order valence-corrected chi connectivity index (χ1v) is 6.38. The molecule has 1 aromatic carbocycles. The van der Waals surface area contributed by atoms with E-state index in [0.29, 0.717) is 12.6 Å². The minimum Gasteiger partial charge on any atom is -0.329 e. The van der Waals surface area contributed by atoms with Gasteiger partial charge in [0, 0.05) is 27.2 Å². The number of nitrogens with one attached hydrogen (secondary N) is 1. The van der Waals surface area contributed by atoms with Crippen molar-refractivity contribution in [2.75, 3.05) is 6.54 Å². The third kappa shape index (κ3) is 3.84. The molecule has 1 atom stereocenters. The second-order valence-electron chi connectivity index (χ2n) is 3.25. The maximum Gasteiger partial charge on any atom is 0.0219 e. The van der Waals surface area contributed by atoms with Crippen molar-refractivity contribution in [3.8, 4) is 0 Å². The molecule has 1 unspecified atom stereocenters. The predicted octanol–water partition coefficient (Wildman–Crippen LogP) is 2.49. The Balaban J connectivity index is 2.62. The van der Waals surface area contributed by atoms with Crippen molar-refractivity contribution in [1.82, 2.24) is 5.32 Å². The maximum atomic E-state index is 5.53. The first-order chi connectivity index (χ1) is 6.63. The molecule has 0 aliphatic carbocycles. The van der Waals surface area contributed by atoms with E-state index in [4.69, 9.17) is 5.73 Å². The van der Waals surface area contributed by atoms with Gasteiger partial charge in [-0.15, -0.1) is 0 Å². The summed E-state index contributed by atoms with van der Waals surface area (Å²) in [6.45, 7) is 3.63. The van der Waals surface area contributed by atoms with E-state index >= 15 is 0 Å². The highest BCUT2D eigenvalue weighted by Gasteiger charge is 2.02. The van der Waals surface area contributed by atoms with E-state index in [2.05, 4.69) is 69.0 Å². The van der Waals surface area contributed by atoms with E-state index in [1.54, 1.807) is 0 Å². The second kappa shape index (κ2) is 6.05. The number of rotatable bonds is 4. The van der Waals surface area contributed by atoms with Gasteiger partial charge >= 0.3 is 0 Å². The van der Waals surface area contributed by atoms with E-state index in [1.807, 2.05) is 0 Å². The maximum absolute atomic E-state index is 5.53. The van der Waals surface area contributed by atoms with Crippen LogP contribution in [-0.2, 0) is 6.54 Å². The topological polar surface area (TPSA) is 38.0 Å². The summed E-state index contributed by atoms with van der Waals surface area (Å²) in [5.74, 6) is 0. The van der Waals surface area contributed by atoms with E-state index in [9.17, 15) is 0 Å². The summed E-state index contributed by atoms with van der Waals surface area (Å²) < 4.78 is 2.40. The molecule has 2 nitrogen and oxygen atoms in total. The van der Waals surface area contributed by atoms with Crippen molar-refractivity contribution in [3.63, 3.8) is 0 Å². The normalized spacial score (nSPS) is 12.9. The molecule has 78 valence electrons. The molecule has 0 aliphatic heterocycles. The summed E-state index contributed by atoms with van der Waals surface area (Å²) >= 11 is 5.81. The van der Waals surface area contributed by atoms with E-state index in [0.717, 1.165) is 11.0 Å². The Hall–Kier alpha value is 0.350. The van der Waals surface area contributed by atoms with Gasteiger partial charge in [-0.1, -0.05) is 15.9 Å². The van der Waals surface area contributed by atoms with Gasteiger partial charge in [0.05, 0.1) is 0 Å². The zero-order valence-corrected chi connectivity index (χ0v) is 11.8. The lowest BCUT2D eigenvalue weighted by Gasteiger charge is -2.12. The molecule has 3 N–H and O–H groups in total. The monoisotopic (exact) mass is 368 g/mol. The lowest BCUT2D eigenvalue weighted by molar-refractivity contribution is 0.555. The SMILES string of the molecule is CC(CN)NCc1cc(Br)ccc1I. The smallest absolute Gasteiger partial charge is 0.0219 e. The lowest BCUT2D eigenvalue weighted by atomic mass is 10.2. The Bertz CT molecular complexity index is 304. The summed E-state index contributed by atoms with van der Waals surface area (Å²) in [6, 6.07) is 6.66. The highest BCUT2D eigenvalue weighted by molar-refractivity contribution is 14.1. The first kappa shape index (κ1) is 12.4. The average Bonchev–Trinajstić information content (AvgIpc) is 2.19. The number of benzene rings is 1. The number of hydrogen-bond acceptors (Lipinski definition) is 2. The first-order valence-electron chi connectivity index (χ1n) is 4.51. The van der Waals surface area contributed by atoms with Crippen molar-refractivity contribution >= 4 is 38.5 Å². The molecule has 0 amide bonds. The van der Waals surface area contributed by atoms with Crippen LogP contribution in [0.5, 0.6) is 0 Å². The summed E-state index contributed by atoms with van der Waals surface area (Å²) in [5, 5.41) is 3.37. The molecule has 0 aromatic heterocycles. The van der Waals surface area contributed by atoms with Crippen molar-refractivity contribution in [1.29, 1.82) is 0 Å². The fourth-order valence-electron chi connectivity index (χ4n) is 1.05. The molecular weight excluding hydrogens is 355 g/mol. The molecule has 0 radical (unpaired) electrons. The Labute approximate surface area is 107 Å². The lowest BCUT2D eigenvalue weighted by Crippen LogP contribution is -2.32. The zero-order valence-electron chi connectivity index (χ0n) is 8.06. The van der Waals surface area contributed by atoms with Gasteiger partial charge in [0.25, 0.3) is 0 Å². The van der Waals surface area contributed by atoms with E-state index in [-0.39, 0.29) is 0 Å². The van der Waals surface area contributed by atoms with Crippen LogP contribution >= 0.6 is 38.5 Å². The van der Waals surface area contributed by atoms with Crippen LogP contribution in [-0.4, -0.2) is 12.6 Å². The summed E-state index contributed by atoms with van der Waals surface area (Å²) in [7, 11) is 0. The number of nitrogens with two attached hydrogens (primary N) is 1. The van der Waals surface area contributed by atoms with Crippen LogP contribution in [0.1, 0.15) is 12.5 Å². The summed E-state index contributed by atoms with van der Waals surface area (Å²) in [6.07, 6.45) is 0. The van der Waals surface area contributed by atoms with Crippen LogP contribution in [0.3, 0.4) is 0 Å². The molecule has 0 heterocycles. The highest BCUT2D eigenvalue weighted by Crippen LogP contribution is 2.18. The van der Waals surface area contributed by atoms with Crippen LogP contribution in [0.15, 0.2) is 22.7 Å². The third-order valence-electron chi connectivity index (χ3n) is 2.00. The van der Waals surface area contributed by atoms with Crippen LogP contribution in [0, 0.1) is 3.57 Å². The molecule has 0 saturated heterocycles. The van der Waals surface area contributed by atoms with Gasteiger partial charge in [0.2, 0.25) is 0 Å². The van der Waals surface area contributed by atoms with Crippen LogP contribution < -0.4 is 11.1 Å². The van der Waals surface area contributed by atoms with Gasteiger partial charge < -0.3 is 11.1 Å². The van der Waals surface area contributed by atoms with Gasteiger partial charge in [-0.2, -0.15) is 0 Å². The molecule has 14 heavy (non-hydrogen) atoms. The summed E-state index contributed by atoms with van der Waals surface area (Å²) in [4.78, 5) is 0. The Kier molecular flexibility index (Phi) is 5.36. The molecule has 0 saturated carbocycles. The quantitative estimate of drug-likeness (QED) is 0.801. The zero-order chi connectivity index (χ0) is 10.6. The van der Waals surface area contributed by atoms with Gasteiger partial charge in [0.15, 0.2) is 0 Å². The molecule has 0 bridgehead atoms. The van der Waals surface area contributed by atoms with Crippen molar-refractivity contribution in [2.24, 2.45) is 5.73 Å². The summed E-state index contributed by atoms with van der Waals surface area (Å²) in [5.41, 5.74) is 6.84. The average molecular weight is 369 g/mol. The Morgan fingerprint density at radius 2 is 2.29 bits per heavy atom. The second-order valence-corrected chi connectivity index (χ2v) is 5.33. The van der Waals surface area contributed by atoms with Crippen molar-refractivity contribution < 1.29 is 0 Å². The van der Waals surface area contributed by atoms with Gasteiger partial charge in [-0.3, -0.25) is 0 Å². The van der Waals surface area contributed by atoms with Crippen LogP contribution in [0.25, 0.3) is 0 Å². The number of hydrogen-bond donors (Lipinski definition) is 2. The van der Waals surface area contributed by atoms with Crippen molar-refractivity contribution in [3.05, 3.63) is 31.8 Å². The number of halogens is 2. The van der Waals surface area contributed by atoms with Crippen molar-refractivity contribution in [2.45, 2.75) is 19.5 Å². The van der Waals surface area contributed by atoms with Gasteiger partial charge in [-0.25, -0.2) is 0 Å². The minimum atomic E-state index is 0.366. The molecule has 1 aromatic rings. The minimum absolute atomic E-state index is 0.366. The van der Waals surface area contributed by atoms with Gasteiger partial charge in [-0.05, 0) is 53.3 Å². The Morgan fingerprint density at radius 3 is 2.93 bits per heavy atom. The Morgan fingerprint density at radius 1 is 1.57 bits per heavy atom. The standard InChI is InChI=1S/C10H14BrIN2/c1-7(5-13)14-6-8-4-9(11)2-3-10(8)12/h2-4,7,14H,5-6,13H2,1H3. The molecule has 0 fully saturated rings. The fraction of sp³-hybridized carbons (Fsp3) is 0.400. The largest absolute Gasteiger partial charge is 0.329 e. The van der Waals surface area contributed by atoms with Crippen LogP contribution in [0.4, 0.5) is 0 Å². The van der Waals surface area contributed by atoms with E-state index in [1.165, 1.54) is 9.13 Å². The van der Waals surface area contributed by atoms with Crippen LogP contribution in [0.2, 0.25) is 0 Å².